The van der Waals surface area contributed by atoms with Gasteiger partial charge in [-0.25, -0.2) is 4.98 Å². The molecule has 0 saturated heterocycles. The highest BCUT2D eigenvalue weighted by Crippen LogP contribution is 2.37. The molecule has 0 saturated carbocycles. The van der Waals surface area contributed by atoms with Crippen LogP contribution in [0.4, 0.5) is 30.4 Å². The number of halogens is 3. The third-order valence-electron chi connectivity index (χ3n) is 3.94. The van der Waals surface area contributed by atoms with E-state index < -0.39 is 27.3 Å². The van der Waals surface area contributed by atoms with Crippen molar-refractivity contribution in [1.82, 2.24) is 4.98 Å². The first-order chi connectivity index (χ1) is 15.1. The van der Waals surface area contributed by atoms with Crippen LogP contribution in [-0.2, 0) is 6.18 Å². The number of hydrazone groups is 1. The molecule has 0 bridgehead atoms. The summed E-state index contributed by atoms with van der Waals surface area (Å²) in [5, 5.41) is 25.6. The zero-order valence-corrected chi connectivity index (χ0v) is 15.8. The van der Waals surface area contributed by atoms with Gasteiger partial charge in [-0.2, -0.15) is 18.3 Å². The summed E-state index contributed by atoms with van der Waals surface area (Å²) in [6.07, 6.45) is -2.24. The van der Waals surface area contributed by atoms with Gasteiger partial charge in [-0.15, -0.1) is 0 Å². The third kappa shape index (κ3) is 5.53. The quantitative estimate of drug-likeness (QED) is 0.301. The fourth-order valence-corrected chi connectivity index (χ4v) is 2.40. The number of anilines is 1. The fraction of sp³-hybridized carbons (Fsp3) is 0.0526. The average molecular weight is 447 g/mol. The molecular formula is C19H12F3N5O5. The first-order valence-electron chi connectivity index (χ1n) is 8.66. The number of nitro benzene ring substituents is 1. The van der Waals surface area contributed by atoms with Crippen molar-refractivity contribution in [3.05, 3.63) is 92.1 Å². The Kier molecular flexibility index (Phi) is 6.28. The lowest BCUT2D eigenvalue weighted by Crippen LogP contribution is -2.06. The summed E-state index contributed by atoms with van der Waals surface area (Å²) >= 11 is 0. The van der Waals surface area contributed by atoms with E-state index in [0.717, 1.165) is 12.3 Å². The van der Waals surface area contributed by atoms with Crippen LogP contribution in [0.2, 0.25) is 0 Å². The fourth-order valence-electron chi connectivity index (χ4n) is 2.40. The summed E-state index contributed by atoms with van der Waals surface area (Å²) in [7, 11) is 0. The summed E-state index contributed by atoms with van der Waals surface area (Å²) in [5.74, 6) is 0.103. The number of nitrogens with one attached hydrogen (secondary N) is 1. The van der Waals surface area contributed by atoms with Crippen LogP contribution in [0.5, 0.6) is 11.5 Å². The first kappa shape index (κ1) is 22.1. The second-order valence-corrected chi connectivity index (χ2v) is 6.14. The molecule has 32 heavy (non-hydrogen) atoms. The molecule has 0 atom stereocenters. The summed E-state index contributed by atoms with van der Waals surface area (Å²) in [6.45, 7) is 0. The maximum absolute atomic E-state index is 12.8. The topological polar surface area (TPSA) is 133 Å². The van der Waals surface area contributed by atoms with Crippen molar-refractivity contribution in [3.8, 4) is 11.5 Å². The van der Waals surface area contributed by atoms with Crippen molar-refractivity contribution in [2.75, 3.05) is 5.43 Å². The van der Waals surface area contributed by atoms with Crippen molar-refractivity contribution < 1.29 is 27.8 Å². The predicted octanol–water partition coefficient (Wildman–Crippen LogP) is 5.16. The number of pyridine rings is 1. The van der Waals surface area contributed by atoms with Gasteiger partial charge in [-0.05, 0) is 48.0 Å². The number of ether oxygens (including phenoxy) is 1. The Labute approximate surface area is 177 Å². The molecule has 1 N–H and O–H groups in total. The Morgan fingerprint density at radius 2 is 1.72 bits per heavy atom. The van der Waals surface area contributed by atoms with Crippen LogP contribution < -0.4 is 10.2 Å². The Bertz CT molecular complexity index is 1170. The van der Waals surface area contributed by atoms with Crippen LogP contribution in [0.3, 0.4) is 0 Å². The highest BCUT2D eigenvalue weighted by Gasteiger charge is 2.33. The van der Waals surface area contributed by atoms with Gasteiger partial charge in [0, 0.05) is 12.1 Å². The third-order valence-corrected chi connectivity index (χ3v) is 3.94. The number of benzene rings is 2. The maximum Gasteiger partial charge on any atom is 0.416 e. The second kappa shape index (κ2) is 9.07. The van der Waals surface area contributed by atoms with Crippen LogP contribution in [0.1, 0.15) is 11.1 Å². The molecule has 0 unspecified atom stereocenters. The molecule has 1 aromatic heterocycles. The van der Waals surface area contributed by atoms with Crippen molar-refractivity contribution in [2.24, 2.45) is 5.10 Å². The molecule has 1 heterocycles. The molecule has 0 aliphatic heterocycles. The summed E-state index contributed by atoms with van der Waals surface area (Å²) in [6, 6.07) is 10.6. The van der Waals surface area contributed by atoms with Crippen molar-refractivity contribution in [1.29, 1.82) is 0 Å². The van der Waals surface area contributed by atoms with Crippen molar-refractivity contribution in [3.63, 3.8) is 0 Å². The summed E-state index contributed by atoms with van der Waals surface area (Å²) in [5.41, 5.74) is 1.05. The largest absolute Gasteiger partial charge is 0.450 e. The van der Waals surface area contributed by atoms with E-state index in [2.05, 4.69) is 15.5 Å². The van der Waals surface area contributed by atoms with Crippen LogP contribution >= 0.6 is 0 Å². The average Bonchev–Trinajstić information content (AvgIpc) is 2.74. The maximum atomic E-state index is 12.8. The number of nitro groups is 2. The van der Waals surface area contributed by atoms with E-state index in [1.54, 1.807) is 12.1 Å². The van der Waals surface area contributed by atoms with Crippen LogP contribution in [0, 0.1) is 20.2 Å². The van der Waals surface area contributed by atoms with E-state index in [4.69, 9.17) is 4.74 Å². The lowest BCUT2D eigenvalue weighted by atomic mass is 10.2. The Balaban J connectivity index is 1.67. The second-order valence-electron chi connectivity index (χ2n) is 6.14. The zero-order chi connectivity index (χ0) is 23.3. The van der Waals surface area contributed by atoms with E-state index >= 15 is 0 Å². The molecule has 0 aliphatic rings. The molecule has 0 aliphatic carbocycles. The summed E-state index contributed by atoms with van der Waals surface area (Å²) in [4.78, 5) is 24.0. The van der Waals surface area contributed by atoms with Gasteiger partial charge in [0.1, 0.15) is 17.8 Å². The van der Waals surface area contributed by atoms with Gasteiger partial charge in [0.2, 0.25) is 5.75 Å². The molecule has 0 radical (unpaired) electrons. The minimum Gasteiger partial charge on any atom is -0.450 e. The highest BCUT2D eigenvalue weighted by atomic mass is 19.4. The normalized spacial score (nSPS) is 11.3. The van der Waals surface area contributed by atoms with E-state index in [0.29, 0.717) is 17.7 Å². The zero-order valence-electron chi connectivity index (χ0n) is 15.8. The number of alkyl halides is 3. The molecule has 164 valence electrons. The van der Waals surface area contributed by atoms with Crippen molar-refractivity contribution >= 4 is 23.4 Å². The first-order valence-corrected chi connectivity index (χ1v) is 8.66. The molecule has 2 aromatic carbocycles. The van der Waals surface area contributed by atoms with Crippen molar-refractivity contribution in [2.45, 2.75) is 6.18 Å². The van der Waals surface area contributed by atoms with Crippen LogP contribution in [-0.4, -0.2) is 21.0 Å². The molecule has 3 rings (SSSR count). The lowest BCUT2D eigenvalue weighted by Gasteiger charge is -2.10. The number of nitrogens with zero attached hydrogens (tertiary/aromatic N) is 4. The van der Waals surface area contributed by atoms with Crippen LogP contribution in [0.15, 0.2) is 65.9 Å². The van der Waals surface area contributed by atoms with Gasteiger partial charge in [-0.3, -0.25) is 25.7 Å². The number of rotatable bonds is 7. The Hall–Kier alpha value is -4.55. The Morgan fingerprint density at radius 1 is 1.00 bits per heavy atom. The van der Waals surface area contributed by atoms with Gasteiger partial charge in [0.25, 0.3) is 5.69 Å². The van der Waals surface area contributed by atoms with Gasteiger partial charge in [0.05, 0.1) is 21.6 Å². The van der Waals surface area contributed by atoms with Gasteiger partial charge >= 0.3 is 11.9 Å². The molecule has 0 fully saturated rings. The molecule has 0 spiro atoms. The summed E-state index contributed by atoms with van der Waals surface area (Å²) < 4.78 is 43.7. The van der Waals surface area contributed by atoms with E-state index in [1.807, 2.05) is 0 Å². The minimum atomic E-state index is -4.72. The van der Waals surface area contributed by atoms with E-state index in [-0.39, 0.29) is 23.0 Å². The molecule has 3 aromatic rings. The number of aromatic nitrogens is 1. The predicted molar refractivity (Wildman–Crippen MR) is 107 cm³/mol. The Morgan fingerprint density at radius 3 is 2.28 bits per heavy atom. The molecule has 10 nitrogen and oxygen atoms in total. The van der Waals surface area contributed by atoms with E-state index in [1.165, 1.54) is 30.5 Å². The number of hydrogen-bond donors (Lipinski definition) is 1. The molecule has 0 amide bonds. The SMILES string of the molecule is O=[N+]([O-])c1ccc(N/N=C/c2ccc(Oc3ccc(C(F)(F)F)cc3[N+](=O)[O-])cc2)nc1. The molecule has 13 heteroatoms. The minimum absolute atomic E-state index is 0.162. The van der Waals surface area contributed by atoms with Gasteiger partial charge in [-0.1, -0.05) is 0 Å². The van der Waals surface area contributed by atoms with Gasteiger partial charge < -0.3 is 4.74 Å². The number of hydrogen-bond acceptors (Lipinski definition) is 8. The monoisotopic (exact) mass is 447 g/mol. The van der Waals surface area contributed by atoms with E-state index in [9.17, 15) is 33.4 Å². The molecular weight excluding hydrogens is 435 g/mol. The smallest absolute Gasteiger partial charge is 0.416 e. The highest BCUT2D eigenvalue weighted by molar-refractivity contribution is 5.80. The van der Waals surface area contributed by atoms with Crippen LogP contribution in [0.25, 0.3) is 0 Å². The lowest BCUT2D eigenvalue weighted by molar-refractivity contribution is -0.385. The standard InChI is InChI=1S/C19H12F3N5O5/c20-19(21,22)13-3-7-17(16(9-13)27(30)31)32-15-5-1-12(2-6-15)10-24-25-18-8-4-14(11-23-18)26(28)29/h1-11H,(H,23,25)/b24-10+. The van der Waals surface area contributed by atoms with Gasteiger partial charge in [0.15, 0.2) is 0 Å².